The molecule has 0 spiro atoms. The minimum Gasteiger partial charge on any atom is -0.396 e. The summed E-state index contributed by atoms with van der Waals surface area (Å²) in [5.74, 6) is 1.52. The van der Waals surface area contributed by atoms with E-state index in [1.54, 1.807) is 6.20 Å². The van der Waals surface area contributed by atoms with Crippen molar-refractivity contribution >= 4 is 22.8 Å². The van der Waals surface area contributed by atoms with Gasteiger partial charge in [0.15, 0.2) is 5.65 Å². The number of anilines is 2. The topological polar surface area (TPSA) is 90.0 Å². The second-order valence-corrected chi connectivity index (χ2v) is 5.14. The van der Waals surface area contributed by atoms with E-state index >= 15 is 0 Å². The summed E-state index contributed by atoms with van der Waals surface area (Å²) in [6, 6.07) is 0. The fraction of sp³-hybridized carbons (Fsp3) is 0.643. The Hall–Kier alpha value is -1.89. The highest BCUT2D eigenvalue weighted by molar-refractivity contribution is 5.87. The van der Waals surface area contributed by atoms with Crippen LogP contribution >= 0.6 is 0 Å². The van der Waals surface area contributed by atoms with Crippen molar-refractivity contribution < 1.29 is 5.11 Å². The fourth-order valence-electron chi connectivity index (χ4n) is 2.17. The Labute approximate surface area is 124 Å². The summed E-state index contributed by atoms with van der Waals surface area (Å²) in [4.78, 5) is 11.1. The van der Waals surface area contributed by atoms with E-state index in [0.29, 0.717) is 5.95 Å². The van der Waals surface area contributed by atoms with E-state index < -0.39 is 0 Å². The maximum absolute atomic E-state index is 8.83. The molecule has 2 aromatic heterocycles. The third-order valence-electron chi connectivity index (χ3n) is 3.34. The van der Waals surface area contributed by atoms with Gasteiger partial charge in [-0.15, -0.1) is 0 Å². The summed E-state index contributed by atoms with van der Waals surface area (Å²) >= 11 is 0. The second kappa shape index (κ2) is 7.78. The highest BCUT2D eigenvalue weighted by Crippen LogP contribution is 2.23. The lowest BCUT2D eigenvalue weighted by molar-refractivity contribution is 0.283. The first kappa shape index (κ1) is 15.5. The lowest BCUT2D eigenvalue weighted by Gasteiger charge is -2.19. The van der Waals surface area contributed by atoms with Crippen LogP contribution in [0.4, 0.5) is 11.8 Å². The first-order valence-corrected chi connectivity index (χ1v) is 7.53. The molecule has 0 radical (unpaired) electrons. The number of hydrogen-bond donors (Lipinski definition) is 3. The van der Waals surface area contributed by atoms with Crippen LogP contribution in [0, 0.1) is 0 Å². The summed E-state index contributed by atoms with van der Waals surface area (Å²) in [6.07, 6.45) is 5.68. The predicted molar refractivity (Wildman–Crippen MR) is 84.7 cm³/mol. The van der Waals surface area contributed by atoms with Gasteiger partial charge in [-0.25, -0.2) is 0 Å². The van der Waals surface area contributed by atoms with Crippen molar-refractivity contribution in [1.29, 1.82) is 0 Å². The summed E-state index contributed by atoms with van der Waals surface area (Å²) < 4.78 is 0. The molecule has 2 aromatic rings. The minimum absolute atomic E-state index is 0.258. The third-order valence-corrected chi connectivity index (χ3v) is 3.34. The van der Waals surface area contributed by atoms with Gasteiger partial charge in [-0.05, 0) is 25.7 Å². The molecule has 3 N–H and O–H groups in total. The van der Waals surface area contributed by atoms with E-state index in [-0.39, 0.29) is 6.61 Å². The molecule has 21 heavy (non-hydrogen) atoms. The molecule has 0 bridgehead atoms. The average Bonchev–Trinajstić information content (AvgIpc) is 2.96. The minimum atomic E-state index is 0.258. The van der Waals surface area contributed by atoms with Crippen LogP contribution in [0.5, 0.6) is 0 Å². The first-order valence-electron chi connectivity index (χ1n) is 7.53. The molecule has 0 unspecified atom stereocenters. The zero-order valence-electron chi connectivity index (χ0n) is 12.8. The van der Waals surface area contributed by atoms with Crippen LogP contribution in [0.1, 0.15) is 32.6 Å². The molecule has 0 atom stereocenters. The smallest absolute Gasteiger partial charge is 0.226 e. The van der Waals surface area contributed by atoms with Crippen molar-refractivity contribution in [2.75, 3.05) is 37.0 Å². The van der Waals surface area contributed by atoms with Gasteiger partial charge in [0.1, 0.15) is 5.82 Å². The molecule has 116 valence electrons. The van der Waals surface area contributed by atoms with Crippen molar-refractivity contribution in [3.05, 3.63) is 6.20 Å². The SMILES string of the molecule is CCCNc1nc(N(C)CCCCCO)c2cn[nH]c2n1. The van der Waals surface area contributed by atoms with Crippen molar-refractivity contribution in [3.8, 4) is 0 Å². The summed E-state index contributed by atoms with van der Waals surface area (Å²) in [5.41, 5.74) is 0.751. The van der Waals surface area contributed by atoms with E-state index in [1.807, 2.05) is 7.05 Å². The zero-order valence-corrected chi connectivity index (χ0v) is 12.8. The van der Waals surface area contributed by atoms with Crippen LogP contribution in [0.15, 0.2) is 6.20 Å². The fourth-order valence-corrected chi connectivity index (χ4v) is 2.17. The number of fused-ring (bicyclic) bond motifs is 1. The molecular formula is C14H24N6O. The normalized spacial score (nSPS) is 11.0. The Bertz CT molecular complexity index is 555. The number of aromatic amines is 1. The Morgan fingerprint density at radius 1 is 1.29 bits per heavy atom. The molecule has 7 nitrogen and oxygen atoms in total. The molecule has 0 saturated carbocycles. The van der Waals surface area contributed by atoms with Crippen molar-refractivity contribution in [2.45, 2.75) is 32.6 Å². The van der Waals surface area contributed by atoms with Crippen LogP contribution in [0.2, 0.25) is 0 Å². The lowest BCUT2D eigenvalue weighted by atomic mass is 10.2. The van der Waals surface area contributed by atoms with Crippen LogP contribution in [0.25, 0.3) is 11.0 Å². The molecule has 0 aliphatic heterocycles. The number of aliphatic hydroxyl groups excluding tert-OH is 1. The molecule has 7 heteroatoms. The van der Waals surface area contributed by atoms with Crippen LogP contribution in [-0.2, 0) is 0 Å². The summed E-state index contributed by atoms with van der Waals surface area (Å²) in [6.45, 7) is 4.11. The number of aromatic nitrogens is 4. The molecule has 0 saturated heterocycles. The van der Waals surface area contributed by atoms with E-state index in [2.05, 4.69) is 37.3 Å². The quantitative estimate of drug-likeness (QED) is 0.610. The molecule has 0 amide bonds. The molecule has 0 aromatic carbocycles. The summed E-state index contributed by atoms with van der Waals surface area (Å²) in [7, 11) is 2.03. The third kappa shape index (κ3) is 4.04. The number of nitrogens with one attached hydrogen (secondary N) is 2. The van der Waals surface area contributed by atoms with Gasteiger partial charge in [0.05, 0.1) is 11.6 Å². The van der Waals surface area contributed by atoms with Gasteiger partial charge in [0, 0.05) is 26.7 Å². The largest absolute Gasteiger partial charge is 0.396 e. The van der Waals surface area contributed by atoms with E-state index in [9.17, 15) is 0 Å². The monoisotopic (exact) mass is 292 g/mol. The van der Waals surface area contributed by atoms with Gasteiger partial charge in [0.25, 0.3) is 0 Å². The second-order valence-electron chi connectivity index (χ2n) is 5.14. The molecule has 0 aliphatic rings. The van der Waals surface area contributed by atoms with E-state index in [1.165, 1.54) is 0 Å². The Morgan fingerprint density at radius 2 is 2.14 bits per heavy atom. The maximum atomic E-state index is 8.83. The number of rotatable bonds is 9. The Morgan fingerprint density at radius 3 is 2.90 bits per heavy atom. The number of H-pyrrole nitrogens is 1. The average molecular weight is 292 g/mol. The van der Waals surface area contributed by atoms with Gasteiger partial charge in [-0.3, -0.25) is 5.10 Å². The molecule has 2 rings (SSSR count). The number of aliphatic hydroxyl groups is 1. The van der Waals surface area contributed by atoms with Gasteiger partial charge in [0.2, 0.25) is 5.95 Å². The van der Waals surface area contributed by atoms with E-state index in [4.69, 9.17) is 5.11 Å². The Balaban J connectivity index is 2.13. The van der Waals surface area contributed by atoms with Crippen LogP contribution < -0.4 is 10.2 Å². The van der Waals surface area contributed by atoms with Crippen LogP contribution in [0.3, 0.4) is 0 Å². The summed E-state index contributed by atoms with van der Waals surface area (Å²) in [5, 5.41) is 19.9. The number of hydrogen-bond acceptors (Lipinski definition) is 6. The Kier molecular flexibility index (Phi) is 5.74. The van der Waals surface area contributed by atoms with Crippen molar-refractivity contribution in [2.24, 2.45) is 0 Å². The van der Waals surface area contributed by atoms with Crippen molar-refractivity contribution in [1.82, 2.24) is 20.2 Å². The standard InChI is InChI=1S/C14H24N6O/c1-3-7-15-14-17-12-11(10-16-19-12)13(18-14)20(2)8-5-4-6-9-21/h10,21H,3-9H2,1-2H3,(H2,15,16,17,18,19). The highest BCUT2D eigenvalue weighted by atomic mass is 16.2. The zero-order chi connectivity index (χ0) is 15.1. The molecule has 2 heterocycles. The van der Waals surface area contributed by atoms with E-state index in [0.717, 1.165) is 55.6 Å². The highest BCUT2D eigenvalue weighted by Gasteiger charge is 2.12. The number of nitrogens with zero attached hydrogens (tertiary/aromatic N) is 4. The van der Waals surface area contributed by atoms with Crippen LogP contribution in [-0.4, -0.2) is 52.0 Å². The van der Waals surface area contributed by atoms with Crippen molar-refractivity contribution in [3.63, 3.8) is 0 Å². The first-order chi connectivity index (χ1) is 10.3. The van der Waals surface area contributed by atoms with Gasteiger partial charge in [-0.1, -0.05) is 6.92 Å². The molecule has 0 aliphatic carbocycles. The molecular weight excluding hydrogens is 268 g/mol. The van der Waals surface area contributed by atoms with Gasteiger partial charge < -0.3 is 15.3 Å². The number of unbranched alkanes of at least 4 members (excludes halogenated alkanes) is 2. The maximum Gasteiger partial charge on any atom is 0.226 e. The lowest BCUT2D eigenvalue weighted by Crippen LogP contribution is -2.21. The predicted octanol–water partition coefficient (Wildman–Crippen LogP) is 1.77. The molecule has 0 fully saturated rings. The van der Waals surface area contributed by atoms with Gasteiger partial charge >= 0.3 is 0 Å². The van der Waals surface area contributed by atoms with Gasteiger partial charge in [-0.2, -0.15) is 15.1 Å².